The monoisotopic (exact) mass is 168 g/mol. The first-order valence-electron chi connectivity index (χ1n) is 4.60. The van der Waals surface area contributed by atoms with Crippen LogP contribution in [0.2, 0.25) is 6.32 Å². The lowest BCUT2D eigenvalue weighted by molar-refractivity contribution is -0.128. The first kappa shape index (κ1) is 11.7. The molecule has 0 saturated heterocycles. The minimum Gasteiger partial charge on any atom is -0.370 e. The van der Waals surface area contributed by atoms with Crippen LogP contribution in [0.3, 0.4) is 0 Å². The third kappa shape index (κ3) is 4.55. The Balaban J connectivity index is 3.76. The third-order valence-corrected chi connectivity index (χ3v) is 1.63. The van der Waals surface area contributed by atoms with Gasteiger partial charge in [0.05, 0.1) is 7.85 Å². The van der Waals surface area contributed by atoms with E-state index in [-0.39, 0.29) is 18.2 Å². The zero-order chi connectivity index (χ0) is 9.40. The number of hydrogen-bond acceptors (Lipinski definition) is 2. The molecule has 0 aromatic rings. The molecule has 3 heteroatoms. The number of ether oxygens (including phenoxy) is 1. The van der Waals surface area contributed by atoms with E-state index in [1.165, 1.54) is 0 Å². The summed E-state index contributed by atoms with van der Waals surface area (Å²) in [5.74, 6) is 0.0188. The molecule has 0 fully saturated rings. The molecule has 0 aliphatic carbocycles. The van der Waals surface area contributed by atoms with Crippen molar-refractivity contribution in [2.45, 2.75) is 45.5 Å². The summed E-state index contributed by atoms with van der Waals surface area (Å²) < 4.78 is 5.35. The smallest absolute Gasteiger partial charge is 0.153 e. The Morgan fingerprint density at radius 3 is 2.50 bits per heavy atom. The van der Waals surface area contributed by atoms with Crippen molar-refractivity contribution in [3.05, 3.63) is 0 Å². The van der Waals surface area contributed by atoms with Crippen molar-refractivity contribution in [3.63, 3.8) is 0 Å². The first-order chi connectivity index (χ1) is 5.76. The Kier molecular flexibility index (Phi) is 7.16. The van der Waals surface area contributed by atoms with E-state index in [2.05, 4.69) is 0 Å². The van der Waals surface area contributed by atoms with Gasteiger partial charge < -0.3 is 4.74 Å². The van der Waals surface area contributed by atoms with Crippen LogP contribution in [0.25, 0.3) is 0 Å². The van der Waals surface area contributed by atoms with Crippen LogP contribution in [0.15, 0.2) is 0 Å². The van der Waals surface area contributed by atoms with E-state index in [0.29, 0.717) is 6.61 Å². The van der Waals surface area contributed by atoms with E-state index in [1.54, 1.807) is 0 Å². The van der Waals surface area contributed by atoms with Gasteiger partial charge in [-0.15, -0.1) is 0 Å². The maximum absolute atomic E-state index is 11.2. The maximum atomic E-state index is 11.2. The molecule has 0 aromatic heterocycles. The molecule has 12 heavy (non-hydrogen) atoms. The largest absolute Gasteiger partial charge is 0.370 e. The highest BCUT2D eigenvalue weighted by Gasteiger charge is 2.14. The van der Waals surface area contributed by atoms with E-state index >= 15 is 0 Å². The van der Waals surface area contributed by atoms with Gasteiger partial charge in [-0.3, -0.25) is 4.79 Å². The van der Waals surface area contributed by atoms with Gasteiger partial charge in [0, 0.05) is 6.61 Å². The van der Waals surface area contributed by atoms with Gasteiger partial charge in [0.1, 0.15) is 6.10 Å². The van der Waals surface area contributed by atoms with E-state index in [9.17, 15) is 4.79 Å². The molecule has 0 spiro atoms. The fourth-order valence-corrected chi connectivity index (χ4v) is 0.991. The predicted octanol–water partition coefficient (Wildman–Crippen LogP) is 1.74. The van der Waals surface area contributed by atoms with Crippen LogP contribution in [0, 0.1) is 0 Å². The summed E-state index contributed by atoms with van der Waals surface area (Å²) in [5.41, 5.74) is 0. The molecule has 1 atom stereocenters. The van der Waals surface area contributed by atoms with Gasteiger partial charge in [-0.05, 0) is 19.2 Å². The van der Waals surface area contributed by atoms with Crippen molar-refractivity contribution < 1.29 is 9.53 Å². The molecule has 2 radical (unpaired) electrons. The summed E-state index contributed by atoms with van der Waals surface area (Å²) in [6.07, 6.45) is 2.52. The molecule has 0 aromatic carbocycles. The quantitative estimate of drug-likeness (QED) is 0.541. The normalized spacial score (nSPS) is 12.8. The average Bonchev–Trinajstić information content (AvgIpc) is 2.11. The van der Waals surface area contributed by atoms with E-state index < -0.39 is 0 Å². The van der Waals surface area contributed by atoms with Crippen LogP contribution in [-0.4, -0.2) is 26.3 Å². The molecule has 0 N–H and O–H groups in total. The highest BCUT2D eigenvalue weighted by Crippen LogP contribution is 2.05. The molecule has 0 aliphatic heterocycles. The highest BCUT2D eigenvalue weighted by molar-refractivity contribution is 6.20. The molecule has 0 aliphatic rings. The van der Waals surface area contributed by atoms with Crippen molar-refractivity contribution in [2.24, 2.45) is 0 Å². The van der Waals surface area contributed by atoms with Gasteiger partial charge >= 0.3 is 0 Å². The molecule has 2 nitrogen and oxygen atoms in total. The lowest BCUT2D eigenvalue weighted by atomic mass is 9.95. The predicted molar refractivity (Wildman–Crippen MR) is 50.5 cm³/mol. The Hall–Kier alpha value is -0.305. The van der Waals surface area contributed by atoms with Crippen LogP contribution < -0.4 is 0 Å². The summed E-state index contributed by atoms with van der Waals surface area (Å²) in [4.78, 5) is 11.2. The molecule has 0 amide bonds. The number of rotatable bonds is 7. The van der Waals surface area contributed by atoms with E-state index in [1.807, 2.05) is 13.8 Å². The van der Waals surface area contributed by atoms with Crippen LogP contribution >= 0.6 is 0 Å². The Morgan fingerprint density at radius 2 is 2.08 bits per heavy atom. The second-order valence-corrected chi connectivity index (χ2v) is 2.82. The Bertz CT molecular complexity index is 126. The van der Waals surface area contributed by atoms with Gasteiger partial charge in [-0.25, -0.2) is 0 Å². The lowest BCUT2D eigenvalue weighted by Gasteiger charge is -2.14. The van der Waals surface area contributed by atoms with Gasteiger partial charge in [0.15, 0.2) is 5.78 Å². The van der Waals surface area contributed by atoms with Gasteiger partial charge in [0.25, 0.3) is 0 Å². The Labute approximate surface area is 76.1 Å². The van der Waals surface area contributed by atoms with Crippen molar-refractivity contribution in [1.82, 2.24) is 0 Å². The summed E-state index contributed by atoms with van der Waals surface area (Å²) in [5, 5.41) is 0. The minimum atomic E-state index is -0.264. The lowest BCUT2D eigenvalue weighted by Crippen LogP contribution is -2.24. The number of carbonyl (C=O) groups excluding carboxylic acids is 1. The van der Waals surface area contributed by atoms with Gasteiger partial charge in [0.2, 0.25) is 0 Å². The Morgan fingerprint density at radius 1 is 1.42 bits per heavy atom. The fraction of sp³-hybridized carbons (Fsp3) is 0.889. The van der Waals surface area contributed by atoms with Gasteiger partial charge in [-0.2, -0.15) is 0 Å². The fourth-order valence-electron chi connectivity index (χ4n) is 0.991. The second kappa shape index (κ2) is 7.35. The summed E-state index contributed by atoms with van der Waals surface area (Å²) in [7, 11) is 5.25. The average molecular weight is 168 g/mol. The summed E-state index contributed by atoms with van der Waals surface area (Å²) in [6, 6.07) is 0. The van der Waals surface area contributed by atoms with Crippen molar-refractivity contribution >= 4 is 13.6 Å². The maximum Gasteiger partial charge on any atom is 0.153 e. The molecule has 0 saturated carbocycles. The summed E-state index contributed by atoms with van der Waals surface area (Å²) >= 11 is 0. The minimum absolute atomic E-state index is 0.0188. The molecule has 0 bridgehead atoms. The topological polar surface area (TPSA) is 26.3 Å². The van der Waals surface area contributed by atoms with Gasteiger partial charge in [-0.1, -0.05) is 20.3 Å². The number of ketones is 1. The zero-order valence-corrected chi connectivity index (χ0v) is 8.01. The van der Waals surface area contributed by atoms with E-state index in [4.69, 9.17) is 12.6 Å². The first-order valence-corrected chi connectivity index (χ1v) is 4.60. The summed E-state index contributed by atoms with van der Waals surface area (Å²) in [6.45, 7) is 4.71. The second-order valence-electron chi connectivity index (χ2n) is 2.82. The number of hydrogen-bond donors (Lipinski definition) is 0. The van der Waals surface area contributed by atoms with Crippen LogP contribution in [0.4, 0.5) is 0 Å². The molecule has 0 heterocycles. The third-order valence-electron chi connectivity index (χ3n) is 1.63. The molecular formula is C9H17BO2. The molecule has 68 valence electrons. The van der Waals surface area contributed by atoms with Crippen molar-refractivity contribution in [1.29, 1.82) is 0 Å². The number of carbonyl (C=O) groups is 1. The van der Waals surface area contributed by atoms with Crippen LogP contribution in [-0.2, 0) is 9.53 Å². The SMILES string of the molecule is [B]CC(=O)C(CCC)OCCC. The van der Waals surface area contributed by atoms with Crippen LogP contribution in [0.5, 0.6) is 0 Å². The molecule has 0 rings (SSSR count). The zero-order valence-electron chi connectivity index (χ0n) is 8.01. The standard InChI is InChI=1S/C9H17BO2/c1-3-5-9(8(11)7-10)12-6-4-2/h9H,3-7H2,1-2H3. The van der Waals surface area contributed by atoms with Crippen molar-refractivity contribution in [2.75, 3.05) is 6.61 Å². The van der Waals surface area contributed by atoms with E-state index in [0.717, 1.165) is 19.3 Å². The highest BCUT2D eigenvalue weighted by atomic mass is 16.5. The molecule has 1 unspecified atom stereocenters. The van der Waals surface area contributed by atoms with Crippen molar-refractivity contribution in [3.8, 4) is 0 Å². The molecular weight excluding hydrogens is 151 g/mol. The van der Waals surface area contributed by atoms with Crippen LogP contribution in [0.1, 0.15) is 33.1 Å². The number of Topliss-reactive ketones (excluding diaryl/α,β-unsaturated/α-hetero) is 1.